The predicted molar refractivity (Wildman–Crippen MR) is 287 cm³/mol. The molecule has 2 aliphatic rings. The van der Waals surface area contributed by atoms with Gasteiger partial charge in [-0.25, -0.2) is 16.8 Å². The summed E-state index contributed by atoms with van der Waals surface area (Å²) in [7, 11) is -5.23. The Morgan fingerprint density at radius 1 is 0.390 bits per heavy atom. The minimum absolute atomic E-state index is 0.265. The summed E-state index contributed by atoms with van der Waals surface area (Å²) in [6.07, 6.45) is -5.25. The van der Waals surface area contributed by atoms with Crippen molar-refractivity contribution in [2.75, 3.05) is 57.1 Å². The topological polar surface area (TPSA) is 342 Å². The van der Waals surface area contributed by atoms with Crippen molar-refractivity contribution in [1.29, 1.82) is 0 Å². The molecule has 28 heteroatoms. The second-order valence-corrected chi connectivity index (χ2v) is 24.9. The number of carbonyl (C=O) groups is 9. The Balaban J connectivity index is 2.54. The summed E-state index contributed by atoms with van der Waals surface area (Å²) in [6, 6.07) is 0. The van der Waals surface area contributed by atoms with E-state index in [1.165, 1.54) is 14.2 Å². The molecule has 26 nitrogen and oxygen atoms in total. The molecule has 2 heterocycles. The van der Waals surface area contributed by atoms with E-state index in [9.17, 15) is 60.0 Å². The van der Waals surface area contributed by atoms with Gasteiger partial charge in [-0.05, 0) is 25.7 Å². The molecular formula is C54H88O26S2. The fourth-order valence-corrected chi connectivity index (χ4v) is 13.0. The average Bonchev–Trinajstić information content (AvgIpc) is 3.59. The van der Waals surface area contributed by atoms with Gasteiger partial charge in [0.25, 0.3) is 0 Å². The van der Waals surface area contributed by atoms with Crippen LogP contribution in [-0.4, -0.2) is 189 Å². The summed E-state index contributed by atoms with van der Waals surface area (Å²) in [5.74, 6) is -10.1. The molecule has 0 aromatic rings. The van der Waals surface area contributed by atoms with E-state index >= 15 is 0 Å². The molecule has 472 valence electrons. The van der Waals surface area contributed by atoms with E-state index in [-0.39, 0.29) is 23.4 Å². The maximum atomic E-state index is 13.8. The summed E-state index contributed by atoms with van der Waals surface area (Å²) in [4.78, 5) is 111. The standard InChI is InChI=1S/C54H88O26S2/c1-35(55)70-31-43-47(73-37(3)57)49(74-38(4)58)52(77-41(7)61)54(79-43)80-48-44(32-71-36(2)56)78-53(51(76-40(6)60)50(48)75-39(5)59)72-30-42(33-81(64,65)28-24-20-16-12-10-14-18-22-26-45(62)68-8)34-82(66,67)29-25-21-17-13-11-15-19-23-27-46(63)69-9/h42-44,47-54H,10-34H2,1-9H3/t43-,44-,47+,48-,49+,50+,51-,52-,53-,54+/m1/s1. The molecule has 2 saturated heterocycles. The van der Waals surface area contributed by atoms with Crippen LogP contribution >= 0.6 is 0 Å². The second-order valence-electron chi connectivity index (χ2n) is 20.4. The first-order valence-electron chi connectivity index (χ1n) is 27.9. The lowest BCUT2D eigenvalue weighted by atomic mass is 9.96. The minimum Gasteiger partial charge on any atom is -0.469 e. The molecule has 2 rings (SSSR count). The van der Waals surface area contributed by atoms with Crippen molar-refractivity contribution in [1.82, 2.24) is 0 Å². The van der Waals surface area contributed by atoms with Crippen LogP contribution in [0, 0.1) is 5.92 Å². The lowest BCUT2D eigenvalue weighted by molar-refractivity contribution is -0.361. The molecule has 2 fully saturated rings. The van der Waals surface area contributed by atoms with Crippen LogP contribution in [0.1, 0.15) is 164 Å². The van der Waals surface area contributed by atoms with E-state index in [0.717, 1.165) is 113 Å². The molecule has 0 bridgehead atoms. The molecule has 0 amide bonds. The zero-order chi connectivity index (χ0) is 61.4. The molecule has 0 radical (unpaired) electrons. The average molecular weight is 1220 g/mol. The van der Waals surface area contributed by atoms with Crippen molar-refractivity contribution in [3.8, 4) is 0 Å². The third-order valence-corrected chi connectivity index (χ3v) is 16.8. The quantitative estimate of drug-likeness (QED) is 0.0465. The SMILES string of the molecule is COC(=O)CCCCCCCCCCS(=O)(=O)CC(CO[C@@H]1O[C@H](COC(C)=O)[C@@H](O[C@@H]2O[C@H](COC(C)=O)[C@H](OC(C)=O)[C@H](OC(C)=O)[C@H]2OC(C)=O)[C@H](OC(C)=O)[C@H]1OC(C)=O)CS(=O)(=O)CCCCCCCCCCC(=O)OC. The molecule has 82 heavy (non-hydrogen) atoms. The Hall–Kier alpha value is -5.03. The zero-order valence-electron chi connectivity index (χ0n) is 49.0. The highest BCUT2D eigenvalue weighted by Gasteiger charge is 2.58. The molecule has 0 N–H and O–H groups in total. The molecule has 0 saturated carbocycles. The summed E-state index contributed by atoms with van der Waals surface area (Å²) >= 11 is 0. The van der Waals surface area contributed by atoms with Crippen LogP contribution in [0.15, 0.2) is 0 Å². The molecular weight excluding hydrogens is 1130 g/mol. The number of esters is 9. The number of ether oxygens (including phenoxy) is 13. The van der Waals surface area contributed by atoms with Crippen LogP contribution in [0.3, 0.4) is 0 Å². The second kappa shape index (κ2) is 38.8. The van der Waals surface area contributed by atoms with Gasteiger partial charge in [-0.15, -0.1) is 0 Å². The van der Waals surface area contributed by atoms with E-state index < -0.39 is 160 Å². The fraction of sp³-hybridized carbons (Fsp3) is 0.833. The molecule has 0 aromatic heterocycles. The van der Waals surface area contributed by atoms with Gasteiger partial charge in [0.15, 0.2) is 62.8 Å². The highest BCUT2D eigenvalue weighted by Crippen LogP contribution is 2.36. The number of hydrogen-bond donors (Lipinski definition) is 0. The summed E-state index contributed by atoms with van der Waals surface area (Å²) in [6.45, 7) is 5.06. The molecule has 2 aliphatic heterocycles. The van der Waals surface area contributed by atoms with Crippen molar-refractivity contribution in [3.05, 3.63) is 0 Å². The van der Waals surface area contributed by atoms with Crippen LogP contribution in [-0.2, 0) is 124 Å². The Morgan fingerprint density at radius 2 is 0.707 bits per heavy atom. The van der Waals surface area contributed by atoms with Gasteiger partial charge in [0, 0.05) is 67.2 Å². The summed E-state index contributed by atoms with van der Waals surface area (Å²) in [5.41, 5.74) is 0. The normalized spacial score (nSPS) is 22.7. The minimum atomic E-state index is -3.96. The Labute approximate surface area is 481 Å². The van der Waals surface area contributed by atoms with Gasteiger partial charge in [-0.3, -0.25) is 43.2 Å². The number of rotatable bonds is 40. The maximum Gasteiger partial charge on any atom is 0.305 e. The largest absolute Gasteiger partial charge is 0.469 e. The van der Waals surface area contributed by atoms with Crippen molar-refractivity contribution >= 4 is 73.4 Å². The molecule has 0 aromatic carbocycles. The van der Waals surface area contributed by atoms with E-state index in [1.807, 2.05) is 0 Å². The van der Waals surface area contributed by atoms with Gasteiger partial charge in [0.2, 0.25) is 0 Å². The van der Waals surface area contributed by atoms with Gasteiger partial charge in [-0.2, -0.15) is 0 Å². The molecule has 0 aliphatic carbocycles. The predicted octanol–water partition coefficient (Wildman–Crippen LogP) is 4.44. The van der Waals surface area contributed by atoms with Crippen molar-refractivity contribution in [2.45, 2.75) is 225 Å². The third-order valence-electron chi connectivity index (χ3n) is 13.0. The van der Waals surface area contributed by atoms with Gasteiger partial charge in [0.05, 0.1) is 43.8 Å². The maximum absolute atomic E-state index is 13.8. The highest BCUT2D eigenvalue weighted by atomic mass is 32.2. The number of sulfone groups is 2. The van der Waals surface area contributed by atoms with Crippen molar-refractivity contribution in [3.63, 3.8) is 0 Å². The summed E-state index contributed by atoms with van der Waals surface area (Å²) < 4.78 is 128. The number of unbranched alkanes of at least 4 members (excludes halogenated alkanes) is 14. The van der Waals surface area contributed by atoms with Gasteiger partial charge >= 0.3 is 53.7 Å². The fourth-order valence-electron chi connectivity index (χ4n) is 9.37. The van der Waals surface area contributed by atoms with Gasteiger partial charge in [0.1, 0.15) is 31.5 Å². The Kier molecular flexibility index (Phi) is 34.5. The smallest absolute Gasteiger partial charge is 0.305 e. The van der Waals surface area contributed by atoms with Crippen molar-refractivity contribution in [2.24, 2.45) is 5.92 Å². The molecule has 0 unspecified atom stereocenters. The van der Waals surface area contributed by atoms with Crippen LogP contribution in [0.2, 0.25) is 0 Å². The lowest BCUT2D eigenvalue weighted by Gasteiger charge is -2.48. The third kappa shape index (κ3) is 30.5. The first-order chi connectivity index (χ1) is 38.7. The first kappa shape index (κ1) is 73.1. The monoisotopic (exact) mass is 1220 g/mol. The van der Waals surface area contributed by atoms with E-state index in [0.29, 0.717) is 51.4 Å². The first-order valence-corrected chi connectivity index (χ1v) is 31.6. The van der Waals surface area contributed by atoms with E-state index in [4.69, 9.17) is 52.1 Å². The van der Waals surface area contributed by atoms with Gasteiger partial charge in [-0.1, -0.05) is 77.0 Å². The van der Waals surface area contributed by atoms with Gasteiger partial charge < -0.3 is 61.6 Å². The number of carbonyl (C=O) groups excluding carboxylic acids is 9. The van der Waals surface area contributed by atoms with E-state index in [2.05, 4.69) is 9.47 Å². The summed E-state index contributed by atoms with van der Waals surface area (Å²) in [5, 5.41) is 0. The van der Waals surface area contributed by atoms with E-state index in [1.54, 1.807) is 0 Å². The highest BCUT2D eigenvalue weighted by molar-refractivity contribution is 7.92. The number of methoxy groups -OCH3 is 2. The van der Waals surface area contributed by atoms with Crippen LogP contribution in [0.25, 0.3) is 0 Å². The zero-order valence-corrected chi connectivity index (χ0v) is 50.6. The number of hydrogen-bond acceptors (Lipinski definition) is 26. The van der Waals surface area contributed by atoms with Crippen LogP contribution < -0.4 is 0 Å². The Bertz CT molecular complexity index is 2190. The van der Waals surface area contributed by atoms with Crippen molar-refractivity contribution < 1.29 is 122 Å². The van der Waals surface area contributed by atoms with Crippen LogP contribution in [0.4, 0.5) is 0 Å². The Morgan fingerprint density at radius 3 is 1.09 bits per heavy atom. The van der Waals surface area contributed by atoms with Crippen LogP contribution in [0.5, 0.6) is 0 Å². The molecule has 10 atom stereocenters. The molecule has 0 spiro atoms. The lowest BCUT2D eigenvalue weighted by Crippen LogP contribution is -2.67.